The monoisotopic (exact) mass is 462 g/mol. The van der Waals surface area contributed by atoms with Crippen LogP contribution in [0, 0.1) is 12.8 Å². The molecule has 5 rings (SSSR count). The second-order valence-electron chi connectivity index (χ2n) is 8.91. The van der Waals surface area contributed by atoms with Crippen LogP contribution in [0.15, 0.2) is 42.6 Å². The van der Waals surface area contributed by atoms with Gasteiger partial charge < -0.3 is 24.8 Å². The van der Waals surface area contributed by atoms with Crippen LogP contribution in [0.4, 0.5) is 5.69 Å². The molecular weight excluding hydrogens is 432 g/mol. The van der Waals surface area contributed by atoms with Gasteiger partial charge in [-0.05, 0) is 38.3 Å². The molecular formula is C26H30N4O4. The maximum atomic E-state index is 13.1. The van der Waals surface area contributed by atoms with Crippen LogP contribution in [0.5, 0.6) is 11.5 Å². The molecule has 2 N–H and O–H groups in total. The second kappa shape index (κ2) is 9.95. The predicted octanol–water partition coefficient (Wildman–Crippen LogP) is 3.62. The van der Waals surface area contributed by atoms with Crippen molar-refractivity contribution in [1.82, 2.24) is 15.3 Å². The fourth-order valence-corrected chi connectivity index (χ4v) is 4.76. The average Bonchev–Trinajstić information content (AvgIpc) is 2.87. The number of aryl methyl sites for hydroxylation is 1. The minimum absolute atomic E-state index is 0.0183. The summed E-state index contributed by atoms with van der Waals surface area (Å²) in [5, 5.41) is 7.69. The van der Waals surface area contributed by atoms with Crippen LogP contribution in [0.1, 0.15) is 30.7 Å². The van der Waals surface area contributed by atoms with E-state index in [0.717, 1.165) is 46.6 Å². The summed E-state index contributed by atoms with van der Waals surface area (Å²) in [6, 6.07) is 11.9. The number of fused-ring (bicyclic) bond motifs is 2. The molecule has 3 heterocycles. The zero-order valence-electron chi connectivity index (χ0n) is 19.5. The van der Waals surface area contributed by atoms with Crippen molar-refractivity contribution in [1.29, 1.82) is 0 Å². The molecule has 0 spiro atoms. The van der Waals surface area contributed by atoms with Gasteiger partial charge in [0.2, 0.25) is 5.91 Å². The number of hydrogen-bond acceptors (Lipinski definition) is 7. The van der Waals surface area contributed by atoms with Gasteiger partial charge in [-0.3, -0.25) is 14.8 Å². The van der Waals surface area contributed by atoms with Gasteiger partial charge in [-0.15, -0.1) is 0 Å². The van der Waals surface area contributed by atoms with Gasteiger partial charge in [-0.2, -0.15) is 0 Å². The first kappa shape index (κ1) is 22.6. The van der Waals surface area contributed by atoms with E-state index in [4.69, 9.17) is 14.2 Å². The maximum absolute atomic E-state index is 13.1. The zero-order valence-corrected chi connectivity index (χ0v) is 19.5. The van der Waals surface area contributed by atoms with Crippen LogP contribution in [0.2, 0.25) is 0 Å². The molecule has 0 bridgehead atoms. The molecule has 178 valence electrons. The first-order valence-corrected chi connectivity index (χ1v) is 11.8. The van der Waals surface area contributed by atoms with Crippen molar-refractivity contribution < 1.29 is 19.0 Å². The number of nitrogens with zero attached hydrogens (tertiary/aromatic N) is 2. The highest BCUT2D eigenvalue weighted by Gasteiger charge is 2.34. The largest absolute Gasteiger partial charge is 0.486 e. The minimum Gasteiger partial charge on any atom is -0.486 e. The molecule has 8 nitrogen and oxygen atoms in total. The van der Waals surface area contributed by atoms with Gasteiger partial charge in [0, 0.05) is 42.8 Å². The van der Waals surface area contributed by atoms with Crippen LogP contribution < -0.4 is 20.1 Å². The summed E-state index contributed by atoms with van der Waals surface area (Å²) in [5.74, 6) is 1.33. The van der Waals surface area contributed by atoms with E-state index < -0.39 is 0 Å². The summed E-state index contributed by atoms with van der Waals surface area (Å²) in [7, 11) is 1.71. The summed E-state index contributed by atoms with van der Waals surface area (Å²) in [6.45, 7) is 3.65. The van der Waals surface area contributed by atoms with E-state index in [-0.39, 0.29) is 24.0 Å². The molecule has 3 atom stereocenters. The summed E-state index contributed by atoms with van der Waals surface area (Å²) < 4.78 is 17.0. The van der Waals surface area contributed by atoms with Crippen LogP contribution in [0.3, 0.4) is 0 Å². The number of nitrogens with one attached hydrogen (secondary N) is 2. The number of amides is 1. The van der Waals surface area contributed by atoms with Crippen molar-refractivity contribution in [2.45, 2.75) is 44.9 Å². The Bertz CT molecular complexity index is 1180. The molecule has 2 aromatic heterocycles. The topological polar surface area (TPSA) is 94.6 Å². The Morgan fingerprint density at radius 1 is 1.15 bits per heavy atom. The van der Waals surface area contributed by atoms with Crippen molar-refractivity contribution in [2.75, 3.05) is 25.6 Å². The number of aromatic nitrogens is 2. The standard InChI is InChI=1S/C26H30N4O4/c1-16-6-7-17-4-3-5-21(25(17)29-16)30-26(31)18-8-9-20(22(12-18)32-2)28-14-19-13-23-24(15-27-19)34-11-10-33-23/h3-7,13,15,18,20,22,28H,8-12,14H2,1-2H3,(H,30,31)/t18-,20-,22-/m1/s1. The number of rotatable bonds is 6. The fraction of sp³-hybridized carbons (Fsp3) is 0.423. The zero-order chi connectivity index (χ0) is 23.5. The van der Waals surface area contributed by atoms with Crippen molar-refractivity contribution in [3.63, 3.8) is 0 Å². The number of benzene rings is 1. The molecule has 1 aliphatic carbocycles. The van der Waals surface area contributed by atoms with E-state index in [0.29, 0.717) is 31.9 Å². The molecule has 1 saturated carbocycles. The fourth-order valence-electron chi connectivity index (χ4n) is 4.76. The van der Waals surface area contributed by atoms with E-state index in [2.05, 4.69) is 20.6 Å². The predicted molar refractivity (Wildman–Crippen MR) is 129 cm³/mol. The molecule has 1 amide bonds. The highest BCUT2D eigenvalue weighted by molar-refractivity contribution is 6.01. The summed E-state index contributed by atoms with van der Waals surface area (Å²) >= 11 is 0. The molecule has 8 heteroatoms. The Balaban J connectivity index is 1.20. The van der Waals surface area contributed by atoms with Crippen LogP contribution in [0.25, 0.3) is 10.9 Å². The quantitative estimate of drug-likeness (QED) is 0.578. The Kier molecular flexibility index (Phi) is 6.60. The van der Waals surface area contributed by atoms with Crippen LogP contribution >= 0.6 is 0 Å². The van der Waals surface area contributed by atoms with E-state index in [1.165, 1.54) is 0 Å². The number of methoxy groups -OCH3 is 1. The van der Waals surface area contributed by atoms with Gasteiger partial charge in [0.1, 0.15) is 13.2 Å². The van der Waals surface area contributed by atoms with Crippen molar-refractivity contribution in [2.24, 2.45) is 5.92 Å². The van der Waals surface area contributed by atoms with Gasteiger partial charge in [0.05, 0.1) is 29.2 Å². The second-order valence-corrected chi connectivity index (χ2v) is 8.91. The first-order valence-electron chi connectivity index (χ1n) is 11.8. The lowest BCUT2D eigenvalue weighted by atomic mass is 9.83. The lowest BCUT2D eigenvalue weighted by Crippen LogP contribution is -2.47. The molecule has 1 aromatic carbocycles. The van der Waals surface area contributed by atoms with Crippen molar-refractivity contribution in [3.05, 3.63) is 54.0 Å². The summed E-state index contributed by atoms with van der Waals surface area (Å²) in [4.78, 5) is 22.2. The lowest BCUT2D eigenvalue weighted by Gasteiger charge is -2.35. The molecule has 1 fully saturated rings. The van der Waals surface area contributed by atoms with E-state index in [9.17, 15) is 4.79 Å². The van der Waals surface area contributed by atoms with Gasteiger partial charge in [-0.1, -0.05) is 18.2 Å². The number of pyridine rings is 2. The number of ether oxygens (including phenoxy) is 3. The third-order valence-electron chi connectivity index (χ3n) is 6.61. The van der Waals surface area contributed by atoms with Gasteiger partial charge in [0.15, 0.2) is 11.5 Å². The third-order valence-corrected chi connectivity index (χ3v) is 6.61. The van der Waals surface area contributed by atoms with Crippen molar-refractivity contribution in [3.8, 4) is 11.5 Å². The highest BCUT2D eigenvalue weighted by Crippen LogP contribution is 2.31. The summed E-state index contributed by atoms with van der Waals surface area (Å²) in [6.07, 6.45) is 3.94. The molecule has 3 aromatic rings. The SMILES string of the molecule is CO[C@@H]1C[C@H](C(=O)Nc2cccc3ccc(C)nc23)CC[C@H]1NCc1cc2c(cn1)OCCO2. The number of anilines is 1. The Morgan fingerprint density at radius 3 is 2.85 bits per heavy atom. The highest BCUT2D eigenvalue weighted by atomic mass is 16.6. The van der Waals surface area contributed by atoms with Crippen molar-refractivity contribution >= 4 is 22.5 Å². The lowest BCUT2D eigenvalue weighted by molar-refractivity contribution is -0.122. The molecule has 0 saturated heterocycles. The number of para-hydroxylation sites is 1. The van der Waals surface area contributed by atoms with Crippen LogP contribution in [-0.2, 0) is 16.1 Å². The smallest absolute Gasteiger partial charge is 0.227 e. The Hall–Kier alpha value is -3.23. The molecule has 0 radical (unpaired) electrons. The van der Waals surface area contributed by atoms with Gasteiger partial charge in [-0.25, -0.2) is 0 Å². The Morgan fingerprint density at radius 2 is 2.00 bits per heavy atom. The molecule has 0 unspecified atom stereocenters. The Labute approximate surface area is 199 Å². The van der Waals surface area contributed by atoms with Crippen LogP contribution in [-0.4, -0.2) is 48.3 Å². The summed E-state index contributed by atoms with van der Waals surface area (Å²) in [5.41, 5.74) is 3.39. The normalized spacial score (nSPS) is 21.9. The minimum atomic E-state index is -0.115. The van der Waals surface area contributed by atoms with E-state index >= 15 is 0 Å². The number of carbonyl (C=O) groups excluding carboxylic acids is 1. The third kappa shape index (κ3) is 4.83. The maximum Gasteiger partial charge on any atom is 0.227 e. The van der Waals surface area contributed by atoms with E-state index in [1.54, 1.807) is 13.3 Å². The molecule has 1 aliphatic heterocycles. The van der Waals surface area contributed by atoms with Gasteiger partial charge >= 0.3 is 0 Å². The number of hydrogen-bond donors (Lipinski definition) is 2. The van der Waals surface area contributed by atoms with E-state index in [1.807, 2.05) is 43.3 Å². The average molecular weight is 463 g/mol. The molecule has 34 heavy (non-hydrogen) atoms. The number of carbonyl (C=O) groups is 1. The first-order chi connectivity index (χ1) is 16.6. The van der Waals surface area contributed by atoms with Gasteiger partial charge in [0.25, 0.3) is 0 Å². The molecule has 2 aliphatic rings.